The van der Waals surface area contributed by atoms with Crippen LogP contribution in [0, 0.1) is 0 Å². The highest BCUT2D eigenvalue weighted by atomic mass is 31.0. The number of anilines is 1. The van der Waals surface area contributed by atoms with E-state index in [1.165, 1.54) is 27.2 Å². The maximum Gasteiger partial charge on any atom is 0.0581 e. The van der Waals surface area contributed by atoms with Crippen LogP contribution in [0.15, 0.2) is 78.5 Å². The predicted molar refractivity (Wildman–Crippen MR) is 130 cm³/mol. The van der Waals surface area contributed by atoms with Gasteiger partial charge in [0.15, 0.2) is 0 Å². The van der Waals surface area contributed by atoms with Gasteiger partial charge in [-0.15, -0.1) is 9.24 Å². The summed E-state index contributed by atoms with van der Waals surface area (Å²) in [6.07, 6.45) is 3.51. The second-order valence-corrected chi connectivity index (χ2v) is 7.55. The van der Waals surface area contributed by atoms with Crippen LogP contribution in [0.5, 0.6) is 0 Å². The van der Waals surface area contributed by atoms with Gasteiger partial charge in [0.2, 0.25) is 0 Å². The minimum Gasteiger partial charge on any atom is -0.383 e. The Morgan fingerprint density at radius 3 is 2.62 bits per heavy atom. The number of aromatic nitrogens is 1. The zero-order valence-electron chi connectivity index (χ0n) is 16.5. The number of nitrogens with one attached hydrogen (secondary N) is 2. The highest BCUT2D eigenvalue weighted by molar-refractivity contribution is 7.27. The van der Waals surface area contributed by atoms with E-state index in [4.69, 9.17) is 0 Å². The Kier molecular flexibility index (Phi) is 5.64. The van der Waals surface area contributed by atoms with Gasteiger partial charge in [-0.05, 0) is 42.1 Å². The molecule has 4 nitrogen and oxygen atoms in total. The van der Waals surface area contributed by atoms with Crippen molar-refractivity contribution in [2.75, 3.05) is 18.4 Å². The van der Waals surface area contributed by atoms with Crippen molar-refractivity contribution in [1.29, 1.82) is 0 Å². The molecule has 0 radical (unpaired) electrons. The van der Waals surface area contributed by atoms with Crippen molar-refractivity contribution in [3.63, 3.8) is 0 Å². The summed E-state index contributed by atoms with van der Waals surface area (Å²) in [5.41, 5.74) is 5.78. The number of rotatable bonds is 7. The monoisotopic (exact) mass is 400 g/mol. The second-order valence-electron chi connectivity index (χ2n) is 6.89. The number of H-pyrrole nitrogens is 1. The molecule has 0 bridgehead atoms. The molecule has 0 aliphatic heterocycles. The molecule has 2 N–H and O–H groups in total. The fourth-order valence-electron chi connectivity index (χ4n) is 3.62. The summed E-state index contributed by atoms with van der Waals surface area (Å²) in [5, 5.41) is 13.4. The van der Waals surface area contributed by atoms with E-state index in [2.05, 4.69) is 85.8 Å². The number of hydrogen-bond acceptors (Lipinski definition) is 3. The van der Waals surface area contributed by atoms with Crippen LogP contribution < -0.4 is 10.6 Å². The minimum absolute atomic E-state index is 0.740. The third-order valence-electron chi connectivity index (χ3n) is 4.98. The normalized spacial score (nSPS) is 11.4. The molecule has 1 unspecified atom stereocenters. The first kappa shape index (κ1) is 19.2. The average Bonchev–Trinajstić information content (AvgIpc) is 3.10. The Bertz CT molecular complexity index is 1180. The Morgan fingerprint density at radius 2 is 1.86 bits per heavy atom. The fourth-order valence-corrected chi connectivity index (χ4v) is 3.88. The molecule has 1 atom stereocenters. The standard InChI is InChI=1S/C24H25N4P/c1-3-26-28(4-2)13-12-25-23-16-21-20-14-18(29)10-11-22(20)27-24(21)15-19(23)17-8-6-5-7-9-17/h3-11,14-16,25,27H,2,12-13,29H2,1H3/b26-3-. The lowest BCUT2D eigenvalue weighted by Crippen LogP contribution is -2.19. The maximum absolute atomic E-state index is 4.29. The predicted octanol–water partition coefficient (Wildman–Crippen LogP) is 5.35. The molecule has 0 fully saturated rings. The number of benzene rings is 3. The minimum atomic E-state index is 0.740. The summed E-state index contributed by atoms with van der Waals surface area (Å²) in [6, 6.07) is 21.4. The van der Waals surface area contributed by atoms with Crippen molar-refractivity contribution in [2.24, 2.45) is 5.10 Å². The Labute approximate surface area is 173 Å². The molecule has 0 spiro atoms. The van der Waals surface area contributed by atoms with Gasteiger partial charge in [-0.3, -0.25) is 5.01 Å². The maximum atomic E-state index is 4.29. The summed E-state index contributed by atoms with van der Waals surface area (Å²) in [4.78, 5) is 3.57. The van der Waals surface area contributed by atoms with Gasteiger partial charge in [0.25, 0.3) is 0 Å². The molecular formula is C24H25N4P. The smallest absolute Gasteiger partial charge is 0.0581 e. The summed E-state index contributed by atoms with van der Waals surface area (Å²) in [5.74, 6) is 0. The van der Waals surface area contributed by atoms with Gasteiger partial charge in [0, 0.05) is 52.0 Å². The van der Waals surface area contributed by atoms with Gasteiger partial charge in [0.05, 0.1) is 6.54 Å². The SMILES string of the molecule is C=CN(CCNc1cc2c(cc1-c1ccccc1)[nH]c1ccc(P)cc12)/N=C\C. The third kappa shape index (κ3) is 4.03. The van der Waals surface area contributed by atoms with Crippen molar-refractivity contribution < 1.29 is 0 Å². The molecule has 1 heterocycles. The van der Waals surface area contributed by atoms with Gasteiger partial charge in [-0.25, -0.2) is 0 Å². The van der Waals surface area contributed by atoms with E-state index in [9.17, 15) is 0 Å². The molecular weight excluding hydrogens is 375 g/mol. The lowest BCUT2D eigenvalue weighted by molar-refractivity contribution is 0.417. The third-order valence-corrected chi connectivity index (χ3v) is 5.34. The number of hydrogen-bond donors (Lipinski definition) is 2. The van der Waals surface area contributed by atoms with Crippen LogP contribution >= 0.6 is 9.24 Å². The number of nitrogens with zero attached hydrogens (tertiary/aromatic N) is 2. The van der Waals surface area contributed by atoms with E-state index < -0.39 is 0 Å². The van der Waals surface area contributed by atoms with Crippen LogP contribution in [-0.4, -0.2) is 29.3 Å². The molecule has 4 rings (SSSR count). The first-order valence-corrected chi connectivity index (χ1v) is 10.3. The quantitative estimate of drug-likeness (QED) is 0.249. The number of hydrazone groups is 1. The van der Waals surface area contributed by atoms with Crippen molar-refractivity contribution >= 4 is 48.3 Å². The number of aromatic amines is 1. The molecule has 0 amide bonds. The Morgan fingerprint density at radius 1 is 1.07 bits per heavy atom. The molecule has 5 heteroatoms. The topological polar surface area (TPSA) is 43.4 Å². The van der Waals surface area contributed by atoms with Crippen LogP contribution in [0.25, 0.3) is 32.9 Å². The van der Waals surface area contributed by atoms with Crippen molar-refractivity contribution in [3.8, 4) is 11.1 Å². The molecule has 4 aromatic rings. The lowest BCUT2D eigenvalue weighted by atomic mass is 10.0. The highest BCUT2D eigenvalue weighted by Gasteiger charge is 2.12. The molecule has 146 valence electrons. The first-order valence-electron chi connectivity index (χ1n) is 9.71. The summed E-state index contributed by atoms with van der Waals surface area (Å²) in [7, 11) is 2.78. The largest absolute Gasteiger partial charge is 0.383 e. The molecule has 0 saturated carbocycles. The second kappa shape index (κ2) is 8.50. The van der Waals surface area contributed by atoms with Gasteiger partial charge in [-0.2, -0.15) is 5.10 Å². The molecule has 0 aliphatic rings. The summed E-state index contributed by atoms with van der Waals surface area (Å²) >= 11 is 0. The zero-order chi connectivity index (χ0) is 20.2. The fraction of sp³-hybridized carbons (Fsp3) is 0.125. The lowest BCUT2D eigenvalue weighted by Gasteiger charge is -2.17. The van der Waals surface area contributed by atoms with E-state index in [0.29, 0.717) is 0 Å². The van der Waals surface area contributed by atoms with Crippen LogP contribution in [0.1, 0.15) is 6.92 Å². The molecule has 0 aliphatic carbocycles. The van der Waals surface area contributed by atoms with E-state index in [-0.39, 0.29) is 0 Å². The Balaban J connectivity index is 1.77. The van der Waals surface area contributed by atoms with Crippen molar-refractivity contribution in [1.82, 2.24) is 9.99 Å². The van der Waals surface area contributed by atoms with E-state index in [1.807, 2.05) is 18.0 Å². The van der Waals surface area contributed by atoms with E-state index >= 15 is 0 Å². The van der Waals surface area contributed by atoms with Crippen LogP contribution in [0.2, 0.25) is 0 Å². The van der Waals surface area contributed by atoms with Crippen molar-refractivity contribution in [2.45, 2.75) is 6.92 Å². The van der Waals surface area contributed by atoms with Crippen molar-refractivity contribution in [3.05, 3.63) is 73.4 Å². The van der Waals surface area contributed by atoms with Crippen LogP contribution in [-0.2, 0) is 0 Å². The summed E-state index contributed by atoms with van der Waals surface area (Å²) < 4.78 is 0. The Hall–Kier alpha value is -3.10. The first-order chi connectivity index (χ1) is 14.2. The van der Waals surface area contributed by atoms with E-state index in [0.717, 1.165) is 29.8 Å². The molecule has 3 aromatic carbocycles. The molecule has 1 aromatic heterocycles. The highest BCUT2D eigenvalue weighted by Crippen LogP contribution is 2.35. The van der Waals surface area contributed by atoms with Gasteiger partial charge >= 0.3 is 0 Å². The summed E-state index contributed by atoms with van der Waals surface area (Å²) in [6.45, 7) is 7.23. The molecule has 29 heavy (non-hydrogen) atoms. The molecule has 0 saturated heterocycles. The van der Waals surface area contributed by atoms with Gasteiger partial charge < -0.3 is 10.3 Å². The van der Waals surface area contributed by atoms with Crippen LogP contribution in [0.4, 0.5) is 5.69 Å². The number of fused-ring (bicyclic) bond motifs is 3. The average molecular weight is 400 g/mol. The van der Waals surface area contributed by atoms with Crippen LogP contribution in [0.3, 0.4) is 0 Å². The van der Waals surface area contributed by atoms with Gasteiger partial charge in [0.1, 0.15) is 0 Å². The zero-order valence-corrected chi connectivity index (χ0v) is 17.7. The van der Waals surface area contributed by atoms with Gasteiger partial charge in [-0.1, -0.05) is 43.0 Å². The van der Waals surface area contributed by atoms with E-state index in [1.54, 1.807) is 12.4 Å².